The number of halogens is 2. The molecule has 0 aliphatic heterocycles. The van der Waals surface area contributed by atoms with E-state index in [1.807, 2.05) is 12.1 Å². The van der Waals surface area contributed by atoms with E-state index in [0.29, 0.717) is 0 Å². The first-order valence-electron chi connectivity index (χ1n) is 5.56. The Bertz CT molecular complexity index is 597. The van der Waals surface area contributed by atoms with Crippen LogP contribution in [0.4, 0.5) is 17.1 Å². The number of nitrogens with two attached hydrogens (primary N) is 1. The number of nitrogens with one attached hydrogen (secondary N) is 1. The van der Waals surface area contributed by atoms with Crippen LogP contribution < -0.4 is 11.1 Å². The lowest BCUT2D eigenvalue weighted by Crippen LogP contribution is -1.98. The van der Waals surface area contributed by atoms with E-state index in [9.17, 15) is 0 Å². The van der Waals surface area contributed by atoms with Gasteiger partial charge in [-0.1, -0.05) is 0 Å². The summed E-state index contributed by atoms with van der Waals surface area (Å²) in [4.78, 5) is 0. The van der Waals surface area contributed by atoms with Crippen LogP contribution in [-0.4, -0.2) is 0 Å². The maximum atomic E-state index is 6.03. The Morgan fingerprint density at radius 2 is 1.78 bits per heavy atom. The van der Waals surface area contributed by atoms with Gasteiger partial charge in [-0.15, -0.1) is 0 Å². The number of hydrogen-bond donors (Lipinski definition) is 2. The molecule has 18 heavy (non-hydrogen) atoms. The van der Waals surface area contributed by atoms with Crippen LogP contribution in [0.1, 0.15) is 11.1 Å². The van der Waals surface area contributed by atoms with Gasteiger partial charge in [-0.05, 0) is 93.8 Å². The van der Waals surface area contributed by atoms with Crippen molar-refractivity contribution in [2.24, 2.45) is 0 Å². The van der Waals surface area contributed by atoms with Crippen LogP contribution in [0.3, 0.4) is 0 Å². The first-order valence-corrected chi connectivity index (χ1v) is 7.43. The summed E-state index contributed by atoms with van der Waals surface area (Å²) in [6.07, 6.45) is 0. The van der Waals surface area contributed by atoms with E-state index >= 15 is 0 Å². The van der Waals surface area contributed by atoms with Crippen molar-refractivity contribution in [3.05, 3.63) is 49.5 Å². The van der Waals surface area contributed by atoms with Crippen molar-refractivity contribution in [3.63, 3.8) is 0 Å². The van der Waals surface area contributed by atoms with Crippen molar-refractivity contribution >= 4 is 55.6 Å². The smallest absolute Gasteiger partial charge is 0.0620 e. The second kappa shape index (κ2) is 5.48. The predicted molar refractivity (Wildman–Crippen MR) is 90.5 cm³/mol. The molecular formula is C14H14BrIN2. The minimum atomic E-state index is 0.771. The van der Waals surface area contributed by atoms with Crippen LogP contribution in [0.15, 0.2) is 34.8 Å². The zero-order valence-electron chi connectivity index (χ0n) is 10.2. The normalized spacial score (nSPS) is 10.4. The fourth-order valence-corrected chi connectivity index (χ4v) is 2.39. The highest BCUT2D eigenvalue weighted by molar-refractivity contribution is 14.1. The first kappa shape index (κ1) is 13.7. The predicted octanol–water partition coefficient (Wildman–Crippen LogP) is 5.00. The molecule has 0 unspecified atom stereocenters. The van der Waals surface area contributed by atoms with E-state index in [-0.39, 0.29) is 0 Å². The van der Waals surface area contributed by atoms with E-state index in [4.69, 9.17) is 5.73 Å². The van der Waals surface area contributed by atoms with E-state index in [0.717, 1.165) is 21.5 Å². The number of anilines is 3. The second-order valence-electron chi connectivity index (χ2n) is 4.28. The van der Waals surface area contributed by atoms with E-state index in [1.54, 1.807) is 0 Å². The van der Waals surface area contributed by atoms with Gasteiger partial charge in [-0.2, -0.15) is 0 Å². The summed E-state index contributed by atoms with van der Waals surface area (Å²) < 4.78 is 2.27. The summed E-state index contributed by atoms with van der Waals surface area (Å²) in [6, 6.07) is 10.2. The molecule has 0 aliphatic rings. The Morgan fingerprint density at radius 3 is 2.44 bits per heavy atom. The summed E-state index contributed by atoms with van der Waals surface area (Å²) in [7, 11) is 0. The molecule has 0 heterocycles. The zero-order valence-corrected chi connectivity index (χ0v) is 14.0. The molecule has 0 saturated heterocycles. The minimum Gasteiger partial charge on any atom is -0.397 e. The van der Waals surface area contributed by atoms with Crippen LogP contribution in [0, 0.1) is 17.4 Å². The van der Waals surface area contributed by atoms with Gasteiger partial charge in [-0.3, -0.25) is 0 Å². The third-order valence-electron chi connectivity index (χ3n) is 2.86. The molecule has 0 fully saturated rings. The van der Waals surface area contributed by atoms with Gasteiger partial charge in [0.15, 0.2) is 0 Å². The highest BCUT2D eigenvalue weighted by atomic mass is 127. The number of aryl methyl sites for hydroxylation is 2. The lowest BCUT2D eigenvalue weighted by molar-refractivity contribution is 1.34. The molecule has 2 nitrogen and oxygen atoms in total. The van der Waals surface area contributed by atoms with Gasteiger partial charge in [0, 0.05) is 13.7 Å². The second-order valence-corrected chi connectivity index (χ2v) is 6.29. The van der Waals surface area contributed by atoms with Gasteiger partial charge in [0.2, 0.25) is 0 Å². The third kappa shape index (κ3) is 2.98. The average molecular weight is 417 g/mol. The molecule has 94 valence electrons. The molecule has 3 N–H and O–H groups in total. The van der Waals surface area contributed by atoms with Crippen LogP contribution in [0.5, 0.6) is 0 Å². The van der Waals surface area contributed by atoms with Gasteiger partial charge in [0.25, 0.3) is 0 Å². The summed E-state index contributed by atoms with van der Waals surface area (Å²) in [5.41, 5.74) is 11.2. The molecule has 0 aromatic heterocycles. The molecule has 0 amide bonds. The molecule has 4 heteroatoms. The first-order chi connectivity index (χ1) is 8.47. The molecular weight excluding hydrogens is 403 g/mol. The molecule has 0 radical (unpaired) electrons. The quantitative estimate of drug-likeness (QED) is 0.534. The van der Waals surface area contributed by atoms with Crippen molar-refractivity contribution in [3.8, 4) is 0 Å². The molecule has 2 rings (SSSR count). The van der Waals surface area contributed by atoms with E-state index in [1.165, 1.54) is 14.7 Å². The van der Waals surface area contributed by atoms with Crippen molar-refractivity contribution in [2.45, 2.75) is 13.8 Å². The molecule has 0 atom stereocenters. The monoisotopic (exact) mass is 416 g/mol. The van der Waals surface area contributed by atoms with Gasteiger partial charge in [0.05, 0.1) is 11.4 Å². The van der Waals surface area contributed by atoms with Gasteiger partial charge >= 0.3 is 0 Å². The molecule has 0 spiro atoms. The molecule has 0 bridgehead atoms. The van der Waals surface area contributed by atoms with E-state index < -0.39 is 0 Å². The highest BCUT2D eigenvalue weighted by Crippen LogP contribution is 2.29. The summed E-state index contributed by atoms with van der Waals surface area (Å²) in [6.45, 7) is 4.15. The van der Waals surface area contributed by atoms with Crippen LogP contribution in [0.25, 0.3) is 0 Å². The Kier molecular flexibility index (Phi) is 4.17. The third-order valence-corrected chi connectivity index (χ3v) is 5.20. The Hall–Kier alpha value is -0.750. The van der Waals surface area contributed by atoms with Crippen molar-refractivity contribution < 1.29 is 0 Å². The largest absolute Gasteiger partial charge is 0.397 e. The minimum absolute atomic E-state index is 0.771. The highest BCUT2D eigenvalue weighted by Gasteiger charge is 2.04. The Balaban J connectivity index is 2.34. The van der Waals surface area contributed by atoms with Crippen molar-refractivity contribution in [1.82, 2.24) is 0 Å². The number of hydrogen-bond acceptors (Lipinski definition) is 2. The molecule has 2 aromatic carbocycles. The SMILES string of the molecule is Cc1cc(N)c(Nc2ccc(I)c(Br)c2)cc1C. The maximum absolute atomic E-state index is 6.03. The van der Waals surface area contributed by atoms with Crippen molar-refractivity contribution in [2.75, 3.05) is 11.1 Å². The lowest BCUT2D eigenvalue weighted by Gasteiger charge is -2.12. The van der Waals surface area contributed by atoms with Crippen LogP contribution in [-0.2, 0) is 0 Å². The number of benzene rings is 2. The molecule has 0 aliphatic carbocycles. The van der Waals surface area contributed by atoms with Crippen LogP contribution >= 0.6 is 38.5 Å². The number of nitrogen functional groups attached to an aromatic ring is 1. The van der Waals surface area contributed by atoms with E-state index in [2.05, 4.69) is 75.9 Å². The zero-order chi connectivity index (χ0) is 13.3. The fourth-order valence-electron chi connectivity index (χ4n) is 1.68. The topological polar surface area (TPSA) is 38.0 Å². The lowest BCUT2D eigenvalue weighted by atomic mass is 10.1. The summed E-state index contributed by atoms with van der Waals surface area (Å²) in [5, 5.41) is 3.35. The standard InChI is InChI=1S/C14H14BrIN2/c1-8-5-13(17)14(6-9(8)2)18-10-3-4-12(16)11(15)7-10/h3-7,18H,17H2,1-2H3. The molecule has 0 saturated carbocycles. The maximum Gasteiger partial charge on any atom is 0.0620 e. The summed E-state index contributed by atoms with van der Waals surface area (Å²) in [5.74, 6) is 0. The Morgan fingerprint density at radius 1 is 1.11 bits per heavy atom. The van der Waals surface area contributed by atoms with Crippen LogP contribution in [0.2, 0.25) is 0 Å². The van der Waals surface area contributed by atoms with Gasteiger partial charge < -0.3 is 11.1 Å². The Labute approximate surface area is 129 Å². The fraction of sp³-hybridized carbons (Fsp3) is 0.143. The van der Waals surface area contributed by atoms with Gasteiger partial charge in [-0.25, -0.2) is 0 Å². The summed E-state index contributed by atoms with van der Waals surface area (Å²) >= 11 is 5.81. The average Bonchev–Trinajstić information content (AvgIpc) is 2.31. The van der Waals surface area contributed by atoms with Gasteiger partial charge in [0.1, 0.15) is 0 Å². The van der Waals surface area contributed by atoms with Crippen molar-refractivity contribution in [1.29, 1.82) is 0 Å². The molecule has 2 aromatic rings. The number of rotatable bonds is 2.